The summed E-state index contributed by atoms with van der Waals surface area (Å²) in [6.45, 7) is 5.91. The minimum Gasteiger partial charge on any atom is -0.444 e. The monoisotopic (exact) mass is 631 g/mol. The van der Waals surface area contributed by atoms with E-state index >= 15 is 0 Å². The molecule has 238 valence electrons. The van der Waals surface area contributed by atoms with Crippen molar-refractivity contribution in [1.29, 1.82) is 0 Å². The molecule has 0 saturated carbocycles. The second-order valence-corrected chi connectivity index (χ2v) is 12.7. The highest BCUT2D eigenvalue weighted by Crippen LogP contribution is 2.19. The topological polar surface area (TPSA) is 146 Å². The van der Waals surface area contributed by atoms with Crippen molar-refractivity contribution in [2.45, 2.75) is 71.3 Å². The maximum absolute atomic E-state index is 12.6. The predicted molar refractivity (Wildman–Crippen MR) is 175 cm³/mol. The number of benzene rings is 2. The van der Waals surface area contributed by atoms with Crippen LogP contribution in [0.1, 0.15) is 61.7 Å². The number of unbranched alkanes of at least 4 members (excludes halogenated alkanes) is 1. The average Bonchev–Trinajstić information content (AvgIpc) is 3.42. The molecule has 2 heterocycles. The molecule has 0 unspecified atom stereocenters. The normalized spacial score (nSPS) is 12.6. The van der Waals surface area contributed by atoms with E-state index in [0.717, 1.165) is 53.1 Å². The van der Waals surface area contributed by atoms with E-state index in [9.17, 15) is 14.4 Å². The van der Waals surface area contributed by atoms with Crippen LogP contribution in [0.3, 0.4) is 0 Å². The zero-order valence-electron chi connectivity index (χ0n) is 25.9. The van der Waals surface area contributed by atoms with Gasteiger partial charge in [0, 0.05) is 18.7 Å². The van der Waals surface area contributed by atoms with Crippen LogP contribution in [0.4, 0.5) is 9.93 Å². The van der Waals surface area contributed by atoms with Gasteiger partial charge in [-0.2, -0.15) is 0 Å². The van der Waals surface area contributed by atoms with Gasteiger partial charge in [0.05, 0.1) is 12.8 Å². The van der Waals surface area contributed by atoms with Crippen molar-refractivity contribution in [3.05, 3.63) is 100.0 Å². The number of nitrogens with one attached hydrogen (secondary N) is 5. The number of ether oxygens (including phenoxy) is 1. The van der Waals surface area contributed by atoms with Crippen LogP contribution in [-0.2, 0) is 40.0 Å². The SMILES string of the molecule is CC(C)(C)OC(=O)NCCc1cccc(CC(=O)Nc2nnc(CCCCC3=CC=C(NC(=O)Cc4ccccc4)NN3)s2)c1. The number of hydrogen-bond acceptors (Lipinski definition) is 9. The first-order valence-electron chi connectivity index (χ1n) is 15.0. The van der Waals surface area contributed by atoms with Crippen molar-refractivity contribution < 1.29 is 19.1 Å². The van der Waals surface area contributed by atoms with Gasteiger partial charge in [0.2, 0.25) is 16.9 Å². The van der Waals surface area contributed by atoms with Crippen LogP contribution in [0.15, 0.2) is 78.3 Å². The largest absolute Gasteiger partial charge is 0.444 e. The van der Waals surface area contributed by atoms with Crippen LogP contribution in [0.25, 0.3) is 0 Å². The Morgan fingerprint density at radius 2 is 1.51 bits per heavy atom. The second-order valence-electron chi connectivity index (χ2n) is 11.7. The quantitative estimate of drug-likeness (QED) is 0.161. The third-order valence-corrected chi connectivity index (χ3v) is 7.43. The molecule has 4 rings (SSSR count). The fraction of sp³-hybridized carbons (Fsp3) is 0.364. The van der Waals surface area contributed by atoms with Gasteiger partial charge in [-0.1, -0.05) is 65.9 Å². The van der Waals surface area contributed by atoms with Crippen LogP contribution in [0, 0.1) is 0 Å². The second kappa shape index (κ2) is 16.4. The number of alkyl carbamates (subject to hydrolysis) is 1. The Morgan fingerprint density at radius 3 is 2.27 bits per heavy atom. The third-order valence-electron chi connectivity index (χ3n) is 6.53. The lowest BCUT2D eigenvalue weighted by atomic mass is 10.1. The highest BCUT2D eigenvalue weighted by atomic mass is 32.1. The van der Waals surface area contributed by atoms with E-state index in [0.29, 0.717) is 30.3 Å². The standard InChI is InChI=1S/C33H41N7O4S/c1-33(2,3)44-32(43)34-19-18-24-12-9-13-25(20-24)22-29(42)36-31-40-39-30(45-31)15-8-7-14-26-16-17-27(38-37-26)35-28(41)21-23-10-5-4-6-11-23/h4-6,9-13,16-17,20,37-38H,7-8,14-15,18-19,21-22H2,1-3H3,(H,34,43)(H,35,41)(H,36,40,42). The first-order valence-corrected chi connectivity index (χ1v) is 15.9. The minimum absolute atomic E-state index is 0.0815. The summed E-state index contributed by atoms with van der Waals surface area (Å²) < 4.78 is 5.26. The Kier molecular flexibility index (Phi) is 12.1. The van der Waals surface area contributed by atoms with E-state index < -0.39 is 11.7 Å². The van der Waals surface area contributed by atoms with Crippen molar-refractivity contribution in [2.24, 2.45) is 0 Å². The molecule has 1 aliphatic rings. The summed E-state index contributed by atoms with van der Waals surface area (Å²) in [4.78, 5) is 36.7. The molecule has 2 aromatic carbocycles. The lowest BCUT2D eigenvalue weighted by molar-refractivity contribution is -0.120. The first kappa shape index (κ1) is 33.2. The number of amides is 3. The summed E-state index contributed by atoms with van der Waals surface area (Å²) in [6, 6.07) is 17.4. The van der Waals surface area contributed by atoms with Crippen molar-refractivity contribution in [1.82, 2.24) is 31.7 Å². The number of aryl methyl sites for hydroxylation is 1. The summed E-state index contributed by atoms with van der Waals surface area (Å²) >= 11 is 1.39. The molecule has 45 heavy (non-hydrogen) atoms. The molecular weight excluding hydrogens is 590 g/mol. The highest BCUT2D eigenvalue weighted by molar-refractivity contribution is 7.15. The van der Waals surface area contributed by atoms with E-state index in [4.69, 9.17) is 4.74 Å². The fourth-order valence-corrected chi connectivity index (χ4v) is 5.27. The molecule has 3 aromatic rings. The van der Waals surface area contributed by atoms with Crippen LogP contribution in [0.5, 0.6) is 0 Å². The molecule has 0 spiro atoms. The minimum atomic E-state index is -0.539. The van der Waals surface area contributed by atoms with Gasteiger partial charge in [-0.15, -0.1) is 10.2 Å². The number of carbonyl (C=O) groups is 3. The predicted octanol–water partition coefficient (Wildman–Crippen LogP) is 4.69. The van der Waals surface area contributed by atoms with Crippen LogP contribution in [0.2, 0.25) is 0 Å². The van der Waals surface area contributed by atoms with Gasteiger partial charge in [0.15, 0.2) is 0 Å². The fourth-order valence-electron chi connectivity index (χ4n) is 4.47. The first-order chi connectivity index (χ1) is 21.6. The molecule has 12 heteroatoms. The van der Waals surface area contributed by atoms with Gasteiger partial charge in [-0.3, -0.25) is 15.0 Å². The molecular formula is C33H41N7O4S. The molecule has 0 radical (unpaired) electrons. The number of carbonyl (C=O) groups excluding carboxylic acids is 3. The third kappa shape index (κ3) is 12.4. The molecule has 3 amide bonds. The van der Waals surface area contributed by atoms with Gasteiger partial charge in [-0.25, -0.2) is 4.79 Å². The van der Waals surface area contributed by atoms with Crippen LogP contribution >= 0.6 is 11.3 Å². The molecule has 5 N–H and O–H groups in total. The van der Waals surface area contributed by atoms with Gasteiger partial charge >= 0.3 is 6.09 Å². The number of rotatable bonds is 14. The molecule has 0 bridgehead atoms. The molecule has 0 saturated heterocycles. The maximum atomic E-state index is 12.6. The summed E-state index contributed by atoms with van der Waals surface area (Å²) in [5.74, 6) is 0.374. The van der Waals surface area contributed by atoms with E-state index in [2.05, 4.69) is 37.0 Å². The molecule has 11 nitrogen and oxygen atoms in total. The van der Waals surface area contributed by atoms with Crippen LogP contribution < -0.4 is 26.8 Å². The number of nitrogens with zero attached hydrogens (tertiary/aromatic N) is 2. The Hall–Kier alpha value is -4.71. The molecule has 0 atom stereocenters. The van der Waals surface area contributed by atoms with E-state index in [1.54, 1.807) is 0 Å². The Balaban J connectivity index is 1.12. The van der Waals surface area contributed by atoms with Gasteiger partial charge < -0.3 is 26.1 Å². The lowest BCUT2D eigenvalue weighted by Crippen LogP contribution is -2.41. The number of hydrogen-bond donors (Lipinski definition) is 5. The lowest BCUT2D eigenvalue weighted by Gasteiger charge is -2.20. The van der Waals surface area contributed by atoms with Crippen molar-refractivity contribution in [3.63, 3.8) is 0 Å². The summed E-state index contributed by atoms with van der Waals surface area (Å²) in [5.41, 5.74) is 9.53. The van der Waals surface area contributed by atoms with Crippen LogP contribution in [-0.4, -0.2) is 40.3 Å². The van der Waals surface area contributed by atoms with Gasteiger partial charge in [-0.05, 0) is 75.3 Å². The van der Waals surface area contributed by atoms with E-state index in [1.165, 1.54) is 11.3 Å². The Bertz CT molecular complexity index is 1510. The number of allylic oxidation sites excluding steroid dienone is 3. The van der Waals surface area contributed by atoms with Crippen molar-refractivity contribution in [2.75, 3.05) is 11.9 Å². The van der Waals surface area contributed by atoms with E-state index in [-0.39, 0.29) is 18.2 Å². The zero-order valence-corrected chi connectivity index (χ0v) is 26.8. The Morgan fingerprint density at radius 1 is 0.800 bits per heavy atom. The highest BCUT2D eigenvalue weighted by Gasteiger charge is 2.16. The zero-order chi connectivity index (χ0) is 32.1. The Labute approximate surface area is 267 Å². The molecule has 1 aromatic heterocycles. The van der Waals surface area contributed by atoms with Crippen molar-refractivity contribution >= 4 is 34.4 Å². The van der Waals surface area contributed by atoms with Crippen molar-refractivity contribution in [3.8, 4) is 0 Å². The molecule has 0 aliphatic carbocycles. The average molecular weight is 632 g/mol. The number of anilines is 1. The molecule has 0 fully saturated rings. The maximum Gasteiger partial charge on any atom is 0.407 e. The molecule has 1 aliphatic heterocycles. The summed E-state index contributed by atoms with van der Waals surface area (Å²) in [7, 11) is 0. The number of hydrazine groups is 1. The summed E-state index contributed by atoms with van der Waals surface area (Å²) in [5, 5.41) is 18.2. The summed E-state index contributed by atoms with van der Waals surface area (Å²) in [6.07, 6.45) is 8.00. The number of aromatic nitrogens is 2. The van der Waals surface area contributed by atoms with E-state index in [1.807, 2.05) is 87.5 Å². The van der Waals surface area contributed by atoms with Gasteiger partial charge in [0.25, 0.3) is 0 Å². The van der Waals surface area contributed by atoms with Gasteiger partial charge in [0.1, 0.15) is 16.4 Å². The smallest absolute Gasteiger partial charge is 0.407 e.